The van der Waals surface area contributed by atoms with E-state index < -0.39 is 11.9 Å². The van der Waals surface area contributed by atoms with Crippen LogP contribution in [0.1, 0.15) is 72.5 Å². The first-order valence-corrected chi connectivity index (χ1v) is 9.84. The smallest absolute Gasteiger partial charge is 0.342 e. The number of phenolic OH excluding ortho intramolecular Hbond substituents is 1. The van der Waals surface area contributed by atoms with Gasteiger partial charge >= 0.3 is 11.9 Å². The molecule has 0 saturated heterocycles. The van der Waals surface area contributed by atoms with Gasteiger partial charge in [-0.1, -0.05) is 25.0 Å². The molecular formula is C22H28O6. The van der Waals surface area contributed by atoms with Crippen LogP contribution in [-0.2, 0) is 22.6 Å². The molecule has 2 aliphatic rings. The van der Waals surface area contributed by atoms with Gasteiger partial charge in [0.05, 0.1) is 13.5 Å². The Hall–Kier alpha value is -2.50. The summed E-state index contributed by atoms with van der Waals surface area (Å²) in [4.78, 5) is 23.5. The highest BCUT2D eigenvalue weighted by atomic mass is 16.5. The number of ether oxygens (including phenoxy) is 2. The molecule has 0 radical (unpaired) electrons. The molecule has 1 heterocycles. The van der Waals surface area contributed by atoms with E-state index in [1.807, 2.05) is 19.9 Å². The molecule has 1 fully saturated rings. The molecule has 152 valence electrons. The topological polar surface area (TPSA) is 93.1 Å². The number of carbonyl (C=O) groups excluding carboxylic acids is 1. The Morgan fingerprint density at radius 3 is 2.75 bits per heavy atom. The van der Waals surface area contributed by atoms with Crippen molar-refractivity contribution in [2.45, 2.75) is 65.4 Å². The van der Waals surface area contributed by atoms with Crippen molar-refractivity contribution in [3.63, 3.8) is 0 Å². The van der Waals surface area contributed by atoms with Crippen LogP contribution in [0.2, 0.25) is 0 Å². The van der Waals surface area contributed by atoms with Gasteiger partial charge < -0.3 is 19.7 Å². The summed E-state index contributed by atoms with van der Waals surface area (Å²) < 4.78 is 10.6. The van der Waals surface area contributed by atoms with Crippen molar-refractivity contribution >= 4 is 11.9 Å². The maximum atomic E-state index is 12.1. The third kappa shape index (κ3) is 3.36. The standard InChI is InChI=1S/C22H28O6/c1-4-22(11-17(23)24)10-6-5-7-14(22)8-9-15-19(25)18-16(12-28-21(18)26)13(2)20(15)27-3/h8,25H,4-7,9-12H2,1-3H3,(H,23,24). The molecule has 1 aromatic carbocycles. The third-order valence-electron chi connectivity index (χ3n) is 6.40. The predicted molar refractivity (Wildman–Crippen MR) is 104 cm³/mol. The first-order chi connectivity index (χ1) is 13.3. The number of cyclic esters (lactones) is 1. The number of fused-ring (bicyclic) bond motifs is 1. The van der Waals surface area contributed by atoms with Crippen molar-refractivity contribution < 1.29 is 29.3 Å². The molecule has 0 bridgehead atoms. The number of carbonyl (C=O) groups is 2. The van der Waals surface area contributed by atoms with Gasteiger partial charge in [-0.05, 0) is 44.6 Å². The number of aromatic hydroxyl groups is 1. The SMILES string of the molecule is CCC1(CC(=O)O)CCCCC1=CCc1c(O)c2c(c(C)c1OC)COC2=O. The fourth-order valence-corrected chi connectivity index (χ4v) is 4.80. The van der Waals surface area contributed by atoms with Crippen molar-refractivity contribution in [1.29, 1.82) is 0 Å². The molecule has 6 heteroatoms. The van der Waals surface area contributed by atoms with Gasteiger partial charge in [0.15, 0.2) is 0 Å². The van der Waals surface area contributed by atoms with Gasteiger partial charge in [0.25, 0.3) is 0 Å². The molecule has 6 nitrogen and oxygen atoms in total. The van der Waals surface area contributed by atoms with E-state index in [9.17, 15) is 19.8 Å². The Kier molecular flexibility index (Phi) is 5.68. The van der Waals surface area contributed by atoms with E-state index in [0.717, 1.165) is 43.2 Å². The quantitative estimate of drug-likeness (QED) is 0.558. The van der Waals surface area contributed by atoms with Crippen LogP contribution < -0.4 is 4.74 Å². The van der Waals surface area contributed by atoms with E-state index in [-0.39, 0.29) is 29.8 Å². The Morgan fingerprint density at radius 2 is 2.11 bits per heavy atom. The fraction of sp³-hybridized carbons (Fsp3) is 0.545. The molecule has 1 saturated carbocycles. The van der Waals surface area contributed by atoms with Gasteiger partial charge in [0.1, 0.15) is 23.7 Å². The normalized spacial score (nSPS) is 22.8. The summed E-state index contributed by atoms with van der Waals surface area (Å²) in [5.41, 5.74) is 3.04. The highest BCUT2D eigenvalue weighted by Gasteiger charge is 2.37. The van der Waals surface area contributed by atoms with Crippen LogP contribution in [0, 0.1) is 12.3 Å². The Balaban J connectivity index is 2.03. The van der Waals surface area contributed by atoms with Gasteiger partial charge in [-0.15, -0.1) is 0 Å². The molecule has 1 atom stereocenters. The predicted octanol–water partition coefficient (Wildman–Crippen LogP) is 4.29. The molecule has 1 aliphatic carbocycles. The second kappa shape index (κ2) is 7.86. The molecule has 1 aromatic rings. The number of rotatable bonds is 6. The molecule has 2 N–H and O–H groups in total. The first-order valence-electron chi connectivity index (χ1n) is 9.84. The Morgan fingerprint density at radius 1 is 1.36 bits per heavy atom. The van der Waals surface area contributed by atoms with Crippen molar-refractivity contribution in [3.05, 3.63) is 33.9 Å². The Bertz CT molecular complexity index is 838. The minimum atomic E-state index is -0.786. The summed E-state index contributed by atoms with van der Waals surface area (Å²) in [7, 11) is 1.55. The summed E-state index contributed by atoms with van der Waals surface area (Å²) >= 11 is 0. The van der Waals surface area contributed by atoms with Crippen LogP contribution in [0.4, 0.5) is 0 Å². The second-order valence-corrected chi connectivity index (χ2v) is 7.76. The van der Waals surface area contributed by atoms with Gasteiger partial charge in [-0.2, -0.15) is 0 Å². The molecule has 28 heavy (non-hydrogen) atoms. The van der Waals surface area contributed by atoms with Crippen molar-refractivity contribution in [3.8, 4) is 11.5 Å². The number of allylic oxidation sites excluding steroid dienone is 2. The summed E-state index contributed by atoms with van der Waals surface area (Å²) in [6, 6.07) is 0. The van der Waals surface area contributed by atoms with Gasteiger partial charge in [-0.3, -0.25) is 4.79 Å². The zero-order chi connectivity index (χ0) is 20.5. The van der Waals surface area contributed by atoms with Crippen molar-refractivity contribution in [2.24, 2.45) is 5.41 Å². The minimum absolute atomic E-state index is 0.0899. The van der Waals surface area contributed by atoms with Crippen LogP contribution in [0.15, 0.2) is 11.6 Å². The largest absolute Gasteiger partial charge is 0.507 e. The monoisotopic (exact) mass is 388 g/mol. The molecule has 3 rings (SSSR count). The highest BCUT2D eigenvalue weighted by molar-refractivity contribution is 5.98. The van der Waals surface area contributed by atoms with Gasteiger partial charge in [-0.25, -0.2) is 4.79 Å². The molecule has 0 aromatic heterocycles. The van der Waals surface area contributed by atoms with E-state index in [4.69, 9.17) is 9.47 Å². The average Bonchev–Trinajstić information content (AvgIpc) is 3.06. The third-order valence-corrected chi connectivity index (χ3v) is 6.40. The lowest BCUT2D eigenvalue weighted by Gasteiger charge is -2.38. The minimum Gasteiger partial charge on any atom is -0.507 e. The number of carboxylic acids is 1. The summed E-state index contributed by atoms with van der Waals surface area (Å²) in [5, 5.41) is 20.2. The summed E-state index contributed by atoms with van der Waals surface area (Å²) in [6.45, 7) is 4.04. The lowest BCUT2D eigenvalue weighted by Crippen LogP contribution is -2.29. The fourth-order valence-electron chi connectivity index (χ4n) is 4.80. The maximum absolute atomic E-state index is 12.1. The molecule has 0 spiro atoms. The maximum Gasteiger partial charge on any atom is 0.342 e. The summed E-state index contributed by atoms with van der Waals surface area (Å²) in [5.74, 6) is -0.833. The average molecular weight is 388 g/mol. The number of hydrogen-bond donors (Lipinski definition) is 2. The highest BCUT2D eigenvalue weighted by Crippen LogP contribution is 2.47. The van der Waals surface area contributed by atoms with E-state index in [0.29, 0.717) is 23.3 Å². The van der Waals surface area contributed by atoms with Crippen molar-refractivity contribution in [1.82, 2.24) is 0 Å². The van der Waals surface area contributed by atoms with Gasteiger partial charge in [0.2, 0.25) is 0 Å². The van der Waals surface area contributed by atoms with E-state index in [1.54, 1.807) is 7.11 Å². The van der Waals surface area contributed by atoms with Crippen LogP contribution in [0.5, 0.6) is 11.5 Å². The lowest BCUT2D eigenvalue weighted by molar-refractivity contribution is -0.139. The zero-order valence-corrected chi connectivity index (χ0v) is 16.8. The Labute approximate surface area is 165 Å². The van der Waals surface area contributed by atoms with Crippen LogP contribution in [0.25, 0.3) is 0 Å². The molecule has 1 unspecified atom stereocenters. The first kappa shape index (κ1) is 20.2. The van der Waals surface area contributed by atoms with Crippen molar-refractivity contribution in [2.75, 3.05) is 7.11 Å². The second-order valence-electron chi connectivity index (χ2n) is 7.76. The van der Waals surface area contributed by atoms with Crippen LogP contribution in [0.3, 0.4) is 0 Å². The molecule has 0 amide bonds. The van der Waals surface area contributed by atoms with E-state index in [1.165, 1.54) is 0 Å². The lowest BCUT2D eigenvalue weighted by atomic mass is 9.66. The number of phenols is 1. The number of aliphatic carboxylic acids is 1. The number of carboxylic acid groups (broad SMARTS) is 1. The van der Waals surface area contributed by atoms with E-state index in [2.05, 4.69) is 0 Å². The molecular weight excluding hydrogens is 360 g/mol. The zero-order valence-electron chi connectivity index (χ0n) is 16.8. The molecule has 1 aliphatic heterocycles. The number of benzene rings is 1. The number of methoxy groups -OCH3 is 1. The summed E-state index contributed by atoms with van der Waals surface area (Å²) in [6.07, 6.45) is 7.08. The van der Waals surface area contributed by atoms with Gasteiger partial charge in [0, 0.05) is 16.5 Å². The van der Waals surface area contributed by atoms with Crippen LogP contribution >= 0.6 is 0 Å². The van der Waals surface area contributed by atoms with E-state index >= 15 is 0 Å². The van der Waals surface area contributed by atoms with Crippen LogP contribution in [-0.4, -0.2) is 29.3 Å². The number of hydrogen-bond acceptors (Lipinski definition) is 5. The number of esters is 1.